The van der Waals surface area contributed by atoms with E-state index >= 15 is 0 Å². The molecule has 1 N–H and O–H groups in total. The predicted molar refractivity (Wildman–Crippen MR) is 137 cm³/mol. The van der Waals surface area contributed by atoms with Crippen molar-refractivity contribution in [3.05, 3.63) is 88.9 Å². The number of allylic oxidation sites excluding steroid dienone is 1. The van der Waals surface area contributed by atoms with Gasteiger partial charge in [0.05, 0.1) is 29.6 Å². The standard InChI is InChI=1S/C27H29N3O3S/c1-3-8-20-12-13-23(24(19-20)32-2)33-17-7-16-30-22-10-5-4-9-21(22)29-26(30)14-15-28-27(31)25-11-6-18-34-25/h3-6,9-13,18-19H,1,7-8,14-17H2,2H3,(H,28,31). The Hall–Kier alpha value is -3.58. The number of fused-ring (bicyclic) bond motifs is 1. The summed E-state index contributed by atoms with van der Waals surface area (Å²) >= 11 is 1.44. The zero-order valence-electron chi connectivity index (χ0n) is 19.3. The van der Waals surface area contributed by atoms with Gasteiger partial charge >= 0.3 is 0 Å². The first-order valence-corrected chi connectivity index (χ1v) is 12.2. The molecule has 0 fully saturated rings. The smallest absolute Gasteiger partial charge is 0.261 e. The maximum absolute atomic E-state index is 12.2. The molecule has 2 heterocycles. The molecule has 0 saturated heterocycles. The topological polar surface area (TPSA) is 65.4 Å². The first kappa shape index (κ1) is 23.6. The number of methoxy groups -OCH3 is 1. The summed E-state index contributed by atoms with van der Waals surface area (Å²) in [7, 11) is 1.65. The van der Waals surface area contributed by atoms with Gasteiger partial charge in [0.25, 0.3) is 5.91 Å². The van der Waals surface area contributed by atoms with Gasteiger partial charge in [-0.3, -0.25) is 4.79 Å². The second-order valence-electron chi connectivity index (χ2n) is 7.83. The van der Waals surface area contributed by atoms with Crippen LogP contribution >= 0.6 is 11.3 Å². The molecule has 2 aromatic carbocycles. The van der Waals surface area contributed by atoms with Gasteiger partial charge in [0.1, 0.15) is 5.82 Å². The molecule has 176 valence electrons. The highest BCUT2D eigenvalue weighted by atomic mass is 32.1. The number of thiophene rings is 1. The highest BCUT2D eigenvalue weighted by Crippen LogP contribution is 2.28. The lowest BCUT2D eigenvalue weighted by Gasteiger charge is -2.13. The van der Waals surface area contributed by atoms with Crippen molar-refractivity contribution in [2.75, 3.05) is 20.3 Å². The van der Waals surface area contributed by atoms with Crippen LogP contribution in [0.2, 0.25) is 0 Å². The van der Waals surface area contributed by atoms with Gasteiger partial charge in [-0.25, -0.2) is 4.98 Å². The van der Waals surface area contributed by atoms with Crippen LogP contribution in [0.25, 0.3) is 11.0 Å². The molecule has 0 saturated carbocycles. The highest BCUT2D eigenvalue weighted by Gasteiger charge is 2.12. The molecule has 0 spiro atoms. The van der Waals surface area contributed by atoms with Crippen LogP contribution in [0.4, 0.5) is 0 Å². The van der Waals surface area contributed by atoms with E-state index in [1.807, 2.05) is 60.0 Å². The van der Waals surface area contributed by atoms with Crippen molar-refractivity contribution in [1.29, 1.82) is 0 Å². The zero-order valence-corrected chi connectivity index (χ0v) is 20.1. The number of nitrogens with one attached hydrogen (secondary N) is 1. The number of imidazole rings is 1. The summed E-state index contributed by atoms with van der Waals surface area (Å²) in [6.45, 7) is 5.64. The van der Waals surface area contributed by atoms with Crippen LogP contribution in [0.5, 0.6) is 11.5 Å². The van der Waals surface area contributed by atoms with E-state index in [0.717, 1.165) is 58.2 Å². The number of aromatic nitrogens is 2. The molecule has 7 heteroatoms. The predicted octanol–water partition coefficient (Wildman–Crippen LogP) is 5.28. The number of nitrogens with zero attached hydrogens (tertiary/aromatic N) is 2. The fourth-order valence-corrected chi connectivity index (χ4v) is 4.52. The van der Waals surface area contributed by atoms with Crippen molar-refractivity contribution in [3.8, 4) is 11.5 Å². The molecule has 0 aliphatic rings. The van der Waals surface area contributed by atoms with Gasteiger partial charge in [-0.2, -0.15) is 0 Å². The third kappa shape index (κ3) is 5.66. The Morgan fingerprint density at radius 1 is 1.18 bits per heavy atom. The lowest BCUT2D eigenvalue weighted by atomic mass is 10.1. The van der Waals surface area contributed by atoms with E-state index in [0.29, 0.717) is 19.6 Å². The molecule has 2 aromatic heterocycles. The largest absolute Gasteiger partial charge is 0.493 e. The molecule has 0 radical (unpaired) electrons. The number of amides is 1. The molecule has 0 bridgehead atoms. The Morgan fingerprint density at radius 3 is 2.85 bits per heavy atom. The number of para-hydroxylation sites is 2. The van der Waals surface area contributed by atoms with E-state index in [1.54, 1.807) is 7.11 Å². The number of aryl methyl sites for hydroxylation is 1. The molecule has 1 amide bonds. The van der Waals surface area contributed by atoms with Gasteiger partial charge in [-0.15, -0.1) is 17.9 Å². The van der Waals surface area contributed by atoms with Crippen molar-refractivity contribution in [1.82, 2.24) is 14.9 Å². The van der Waals surface area contributed by atoms with Gasteiger partial charge < -0.3 is 19.4 Å². The number of benzene rings is 2. The number of rotatable bonds is 12. The number of hydrogen-bond acceptors (Lipinski definition) is 5. The lowest BCUT2D eigenvalue weighted by molar-refractivity contribution is 0.0958. The van der Waals surface area contributed by atoms with E-state index in [9.17, 15) is 4.79 Å². The van der Waals surface area contributed by atoms with Crippen molar-refractivity contribution >= 4 is 28.3 Å². The van der Waals surface area contributed by atoms with E-state index in [-0.39, 0.29) is 5.91 Å². The van der Waals surface area contributed by atoms with Gasteiger partial charge in [0.15, 0.2) is 11.5 Å². The number of carbonyl (C=O) groups excluding carboxylic acids is 1. The van der Waals surface area contributed by atoms with Gasteiger partial charge in [-0.1, -0.05) is 30.3 Å². The average Bonchev–Trinajstić information content (AvgIpc) is 3.51. The van der Waals surface area contributed by atoms with Crippen molar-refractivity contribution in [2.24, 2.45) is 0 Å². The number of hydrogen-bond donors (Lipinski definition) is 1. The summed E-state index contributed by atoms with van der Waals surface area (Å²) in [5.74, 6) is 2.38. The Bertz CT molecular complexity index is 1250. The van der Waals surface area contributed by atoms with E-state index in [4.69, 9.17) is 14.5 Å². The van der Waals surface area contributed by atoms with Gasteiger partial charge in [-0.05, 0) is 54.1 Å². The van der Waals surface area contributed by atoms with E-state index in [1.165, 1.54) is 11.3 Å². The minimum absolute atomic E-state index is 0.0425. The monoisotopic (exact) mass is 475 g/mol. The maximum atomic E-state index is 12.2. The van der Waals surface area contributed by atoms with Crippen LogP contribution in [0.15, 0.2) is 72.6 Å². The normalized spacial score (nSPS) is 10.9. The average molecular weight is 476 g/mol. The van der Waals surface area contributed by atoms with Crippen LogP contribution < -0.4 is 14.8 Å². The second-order valence-corrected chi connectivity index (χ2v) is 8.78. The summed E-state index contributed by atoms with van der Waals surface area (Å²) in [4.78, 5) is 17.8. The third-order valence-corrected chi connectivity index (χ3v) is 6.37. The van der Waals surface area contributed by atoms with Gasteiger partial charge in [0, 0.05) is 19.5 Å². The summed E-state index contributed by atoms with van der Waals surface area (Å²) in [6.07, 6.45) is 4.13. The highest BCUT2D eigenvalue weighted by molar-refractivity contribution is 7.12. The number of carbonyl (C=O) groups is 1. The summed E-state index contributed by atoms with van der Waals surface area (Å²) < 4.78 is 13.7. The van der Waals surface area contributed by atoms with Crippen LogP contribution in [0, 0.1) is 0 Å². The second kappa shape index (κ2) is 11.5. The van der Waals surface area contributed by atoms with E-state index in [2.05, 4.69) is 22.5 Å². The summed E-state index contributed by atoms with van der Waals surface area (Å²) in [5, 5.41) is 4.90. The molecule has 34 heavy (non-hydrogen) atoms. The van der Waals surface area contributed by atoms with Crippen LogP contribution in [-0.4, -0.2) is 35.7 Å². The quantitative estimate of drug-likeness (QED) is 0.224. The lowest BCUT2D eigenvalue weighted by Crippen LogP contribution is -2.25. The van der Waals surface area contributed by atoms with Crippen LogP contribution in [-0.2, 0) is 19.4 Å². The van der Waals surface area contributed by atoms with Crippen LogP contribution in [0.3, 0.4) is 0 Å². The maximum Gasteiger partial charge on any atom is 0.261 e. The van der Waals surface area contributed by atoms with E-state index < -0.39 is 0 Å². The Balaban J connectivity index is 1.37. The molecule has 4 aromatic rings. The van der Waals surface area contributed by atoms with Crippen molar-refractivity contribution in [3.63, 3.8) is 0 Å². The van der Waals surface area contributed by atoms with Crippen molar-refractivity contribution in [2.45, 2.75) is 25.8 Å². The fourth-order valence-electron chi connectivity index (χ4n) is 3.88. The minimum Gasteiger partial charge on any atom is -0.493 e. The molecule has 0 atom stereocenters. The molecule has 4 rings (SSSR count). The summed E-state index contributed by atoms with van der Waals surface area (Å²) in [5.41, 5.74) is 3.19. The molecule has 6 nitrogen and oxygen atoms in total. The zero-order chi connectivity index (χ0) is 23.8. The van der Waals surface area contributed by atoms with Crippen LogP contribution in [0.1, 0.15) is 27.5 Å². The Morgan fingerprint density at radius 2 is 2.06 bits per heavy atom. The molecular formula is C27H29N3O3S. The molecule has 0 unspecified atom stereocenters. The molecular weight excluding hydrogens is 446 g/mol. The summed E-state index contributed by atoms with van der Waals surface area (Å²) in [6, 6.07) is 17.8. The fraction of sp³-hybridized carbons (Fsp3) is 0.259. The minimum atomic E-state index is -0.0425. The number of ether oxygens (including phenoxy) is 2. The molecule has 0 aliphatic carbocycles. The Labute approximate surface area is 203 Å². The molecule has 0 aliphatic heterocycles. The first-order valence-electron chi connectivity index (χ1n) is 11.4. The van der Waals surface area contributed by atoms with Gasteiger partial charge in [0.2, 0.25) is 0 Å². The Kier molecular flexibility index (Phi) is 7.99. The van der Waals surface area contributed by atoms with Crippen molar-refractivity contribution < 1.29 is 14.3 Å². The first-order chi connectivity index (χ1) is 16.7. The SMILES string of the molecule is C=CCc1ccc(OCCCn2c(CCNC(=O)c3cccs3)nc3ccccc32)c(OC)c1. The third-order valence-electron chi connectivity index (χ3n) is 5.50.